The molecule has 0 amide bonds. The van der Waals surface area contributed by atoms with E-state index in [4.69, 9.17) is 5.73 Å². The number of rotatable bonds is 5. The summed E-state index contributed by atoms with van der Waals surface area (Å²) in [7, 11) is 0. The number of nitrogens with two attached hydrogens (primary N) is 1. The van der Waals surface area contributed by atoms with Crippen molar-refractivity contribution in [2.24, 2.45) is 11.1 Å². The minimum absolute atomic E-state index is 0.375. The average molecular weight is 239 g/mol. The molecule has 0 spiro atoms. The molecule has 3 nitrogen and oxygen atoms in total. The van der Waals surface area contributed by atoms with Gasteiger partial charge < -0.3 is 11.1 Å². The zero-order valence-electron chi connectivity index (χ0n) is 9.96. The molecule has 0 atom stereocenters. The van der Waals surface area contributed by atoms with Crippen LogP contribution in [0.1, 0.15) is 35.6 Å². The van der Waals surface area contributed by atoms with Crippen LogP contribution in [0.2, 0.25) is 0 Å². The Morgan fingerprint density at radius 1 is 1.50 bits per heavy atom. The largest absolute Gasteiger partial charge is 0.330 e. The van der Waals surface area contributed by atoms with Gasteiger partial charge in [0.25, 0.3) is 0 Å². The first-order chi connectivity index (χ1) is 7.74. The van der Waals surface area contributed by atoms with Gasteiger partial charge in [-0.15, -0.1) is 11.3 Å². The van der Waals surface area contributed by atoms with Crippen molar-refractivity contribution in [1.82, 2.24) is 10.3 Å². The van der Waals surface area contributed by atoms with Crippen LogP contribution >= 0.6 is 11.3 Å². The number of nitrogens with one attached hydrogen (secondary N) is 1. The fourth-order valence-electron chi connectivity index (χ4n) is 2.52. The van der Waals surface area contributed by atoms with E-state index in [0.29, 0.717) is 5.41 Å². The van der Waals surface area contributed by atoms with Gasteiger partial charge in [-0.1, -0.05) is 12.8 Å². The maximum absolute atomic E-state index is 5.90. The van der Waals surface area contributed by atoms with Gasteiger partial charge in [-0.25, -0.2) is 4.98 Å². The van der Waals surface area contributed by atoms with Crippen LogP contribution in [0.25, 0.3) is 0 Å². The Labute approximate surface area is 101 Å². The fourth-order valence-corrected chi connectivity index (χ4v) is 3.28. The Morgan fingerprint density at radius 2 is 2.25 bits per heavy atom. The first kappa shape index (κ1) is 12.0. The van der Waals surface area contributed by atoms with Crippen molar-refractivity contribution in [3.8, 4) is 0 Å². The third-order valence-corrected chi connectivity index (χ3v) is 4.48. The lowest BCUT2D eigenvalue weighted by Gasteiger charge is -2.27. The summed E-state index contributed by atoms with van der Waals surface area (Å²) >= 11 is 1.77. The minimum atomic E-state index is 0.375. The van der Waals surface area contributed by atoms with Crippen molar-refractivity contribution in [2.75, 3.05) is 13.1 Å². The van der Waals surface area contributed by atoms with Crippen LogP contribution in [0.5, 0.6) is 0 Å². The lowest BCUT2D eigenvalue weighted by atomic mass is 9.86. The van der Waals surface area contributed by atoms with Crippen molar-refractivity contribution in [2.45, 2.75) is 39.2 Å². The van der Waals surface area contributed by atoms with Gasteiger partial charge in [0.1, 0.15) is 0 Å². The molecular weight excluding hydrogens is 218 g/mol. The molecule has 90 valence electrons. The van der Waals surface area contributed by atoms with E-state index in [0.717, 1.165) is 24.6 Å². The molecule has 2 rings (SSSR count). The van der Waals surface area contributed by atoms with Gasteiger partial charge in [-0.05, 0) is 31.7 Å². The van der Waals surface area contributed by atoms with Crippen LogP contribution < -0.4 is 11.1 Å². The van der Waals surface area contributed by atoms with Gasteiger partial charge in [0, 0.05) is 24.2 Å². The molecule has 1 aromatic rings. The zero-order chi connectivity index (χ0) is 11.4. The van der Waals surface area contributed by atoms with E-state index in [1.807, 2.05) is 13.1 Å². The van der Waals surface area contributed by atoms with E-state index < -0.39 is 0 Å². The van der Waals surface area contributed by atoms with Crippen LogP contribution in [-0.4, -0.2) is 18.1 Å². The molecule has 4 heteroatoms. The second-order valence-electron chi connectivity index (χ2n) is 4.86. The smallest absolute Gasteiger partial charge is 0.0897 e. The van der Waals surface area contributed by atoms with Crippen LogP contribution in [0, 0.1) is 12.3 Å². The number of hydrogen-bond acceptors (Lipinski definition) is 4. The van der Waals surface area contributed by atoms with Gasteiger partial charge in [-0.3, -0.25) is 0 Å². The second-order valence-corrected chi connectivity index (χ2v) is 6.18. The number of hydrogen-bond donors (Lipinski definition) is 2. The highest BCUT2D eigenvalue weighted by molar-refractivity contribution is 7.11. The molecule has 0 unspecified atom stereocenters. The molecule has 0 saturated heterocycles. The normalized spacial score (nSPS) is 19.1. The van der Waals surface area contributed by atoms with E-state index >= 15 is 0 Å². The number of thiazole rings is 1. The summed E-state index contributed by atoms with van der Waals surface area (Å²) in [6.45, 7) is 4.86. The summed E-state index contributed by atoms with van der Waals surface area (Å²) in [5, 5.41) is 4.68. The Morgan fingerprint density at radius 3 is 2.81 bits per heavy atom. The maximum Gasteiger partial charge on any atom is 0.0897 e. The van der Waals surface area contributed by atoms with Crippen LogP contribution in [0.3, 0.4) is 0 Å². The van der Waals surface area contributed by atoms with Crippen molar-refractivity contribution in [3.63, 3.8) is 0 Å². The Balaban J connectivity index is 1.78. The molecule has 1 aromatic heterocycles. The SMILES string of the molecule is Cc1ncc(CNCC2(CN)CCCC2)s1. The van der Waals surface area contributed by atoms with Crippen molar-refractivity contribution in [1.29, 1.82) is 0 Å². The predicted molar refractivity (Wildman–Crippen MR) is 68.5 cm³/mol. The van der Waals surface area contributed by atoms with Gasteiger partial charge >= 0.3 is 0 Å². The molecule has 0 radical (unpaired) electrons. The molecule has 0 aliphatic heterocycles. The Hall–Kier alpha value is -0.450. The van der Waals surface area contributed by atoms with Crippen molar-refractivity contribution in [3.05, 3.63) is 16.1 Å². The first-order valence-electron chi connectivity index (χ1n) is 6.06. The highest BCUT2D eigenvalue weighted by atomic mass is 32.1. The van der Waals surface area contributed by atoms with Crippen molar-refractivity contribution < 1.29 is 0 Å². The highest BCUT2D eigenvalue weighted by Gasteiger charge is 2.31. The number of aromatic nitrogens is 1. The van der Waals surface area contributed by atoms with Gasteiger partial charge in [0.2, 0.25) is 0 Å². The molecule has 1 aliphatic rings. The topological polar surface area (TPSA) is 50.9 Å². The predicted octanol–water partition coefficient (Wildman–Crippen LogP) is 2.06. The molecule has 1 fully saturated rings. The zero-order valence-corrected chi connectivity index (χ0v) is 10.8. The third kappa shape index (κ3) is 2.81. The summed E-state index contributed by atoms with van der Waals surface area (Å²) in [5.74, 6) is 0. The third-order valence-electron chi connectivity index (χ3n) is 3.57. The Kier molecular flexibility index (Phi) is 3.95. The summed E-state index contributed by atoms with van der Waals surface area (Å²) in [5.41, 5.74) is 6.28. The summed E-state index contributed by atoms with van der Waals surface area (Å²) in [6.07, 6.45) is 7.24. The van der Waals surface area contributed by atoms with E-state index in [9.17, 15) is 0 Å². The average Bonchev–Trinajstić information content (AvgIpc) is 2.89. The molecule has 3 N–H and O–H groups in total. The first-order valence-corrected chi connectivity index (χ1v) is 6.88. The highest BCUT2D eigenvalue weighted by Crippen LogP contribution is 2.36. The van der Waals surface area contributed by atoms with E-state index in [1.165, 1.54) is 30.6 Å². The summed E-state index contributed by atoms with van der Waals surface area (Å²) in [6, 6.07) is 0. The molecule has 1 saturated carbocycles. The molecule has 1 heterocycles. The van der Waals surface area contributed by atoms with E-state index in [2.05, 4.69) is 10.3 Å². The molecule has 0 aromatic carbocycles. The van der Waals surface area contributed by atoms with Gasteiger partial charge in [0.15, 0.2) is 0 Å². The van der Waals surface area contributed by atoms with E-state index in [-0.39, 0.29) is 0 Å². The molecular formula is C12H21N3S. The monoisotopic (exact) mass is 239 g/mol. The fraction of sp³-hybridized carbons (Fsp3) is 0.750. The van der Waals surface area contributed by atoms with Crippen molar-refractivity contribution >= 4 is 11.3 Å². The minimum Gasteiger partial charge on any atom is -0.330 e. The van der Waals surface area contributed by atoms with Crippen LogP contribution in [-0.2, 0) is 6.54 Å². The molecule has 16 heavy (non-hydrogen) atoms. The Bertz CT molecular complexity index is 329. The number of nitrogens with zero attached hydrogens (tertiary/aromatic N) is 1. The lowest BCUT2D eigenvalue weighted by molar-refractivity contribution is 0.290. The standard InChI is InChI=1S/C12H21N3S/c1-10-15-7-11(16-10)6-14-9-12(8-13)4-2-3-5-12/h7,14H,2-6,8-9,13H2,1H3. The number of aryl methyl sites for hydroxylation is 1. The van der Waals surface area contributed by atoms with Crippen LogP contribution in [0.4, 0.5) is 0 Å². The summed E-state index contributed by atoms with van der Waals surface area (Å²) in [4.78, 5) is 5.58. The molecule has 1 aliphatic carbocycles. The van der Waals surface area contributed by atoms with Crippen LogP contribution in [0.15, 0.2) is 6.20 Å². The molecule has 0 bridgehead atoms. The lowest BCUT2D eigenvalue weighted by Crippen LogP contribution is -2.37. The summed E-state index contributed by atoms with van der Waals surface area (Å²) < 4.78 is 0. The van der Waals surface area contributed by atoms with Gasteiger partial charge in [-0.2, -0.15) is 0 Å². The maximum atomic E-state index is 5.90. The van der Waals surface area contributed by atoms with E-state index in [1.54, 1.807) is 11.3 Å². The quantitative estimate of drug-likeness (QED) is 0.827. The second kappa shape index (κ2) is 5.25. The van der Waals surface area contributed by atoms with Gasteiger partial charge in [0.05, 0.1) is 5.01 Å².